The van der Waals surface area contributed by atoms with Gasteiger partial charge >= 0.3 is 0 Å². The summed E-state index contributed by atoms with van der Waals surface area (Å²) in [5, 5.41) is 4.07. The minimum absolute atomic E-state index is 0.0178. The van der Waals surface area contributed by atoms with Crippen LogP contribution in [0.5, 0.6) is 0 Å². The number of nitrogens with one attached hydrogen (secondary N) is 1. The summed E-state index contributed by atoms with van der Waals surface area (Å²) in [5.41, 5.74) is 2.23. The average Bonchev–Trinajstić information content (AvgIpc) is 2.49. The van der Waals surface area contributed by atoms with Crippen molar-refractivity contribution in [3.8, 4) is 0 Å². The molecule has 1 unspecified atom stereocenters. The van der Waals surface area contributed by atoms with Gasteiger partial charge in [-0.05, 0) is 35.9 Å². The molecule has 4 heteroatoms. The molecule has 2 nitrogen and oxygen atoms in total. The highest BCUT2D eigenvalue weighted by atomic mass is 79.9. The van der Waals surface area contributed by atoms with Gasteiger partial charge in [0.1, 0.15) is 0 Å². The van der Waals surface area contributed by atoms with Crippen molar-refractivity contribution in [1.29, 1.82) is 0 Å². The molecule has 2 aromatic carbocycles. The Labute approximate surface area is 139 Å². The molecule has 2 aromatic rings. The third-order valence-corrected chi connectivity index (χ3v) is 4.21. The number of hydrogen-bond acceptors (Lipinski definition) is 2. The van der Waals surface area contributed by atoms with Gasteiger partial charge in [0.15, 0.2) is 0 Å². The van der Waals surface area contributed by atoms with E-state index in [-0.39, 0.29) is 6.10 Å². The van der Waals surface area contributed by atoms with Gasteiger partial charge in [-0.3, -0.25) is 0 Å². The maximum Gasteiger partial charge on any atom is 0.0954 e. The number of benzene rings is 2. The molecule has 0 spiro atoms. The molecule has 0 fully saturated rings. The molecule has 0 aromatic heterocycles. The zero-order valence-corrected chi connectivity index (χ0v) is 14.3. The molecule has 2 rings (SSSR count). The standard InChI is InChI=1S/C17H19BrClNO/c1-2-20-11-17(13-7-5-8-15(19)10-13)21-12-14-6-3-4-9-16(14)18/h3-10,17,20H,2,11-12H2,1H3. The molecule has 21 heavy (non-hydrogen) atoms. The van der Waals surface area contributed by atoms with E-state index in [1.807, 2.05) is 42.5 Å². The summed E-state index contributed by atoms with van der Waals surface area (Å²) >= 11 is 9.63. The van der Waals surface area contributed by atoms with Crippen LogP contribution in [-0.2, 0) is 11.3 Å². The summed E-state index contributed by atoms with van der Waals surface area (Å²) in [7, 11) is 0. The third kappa shape index (κ3) is 5.11. The minimum atomic E-state index is -0.0178. The van der Waals surface area contributed by atoms with Crippen LogP contribution in [0.15, 0.2) is 53.0 Å². The molecule has 0 aliphatic carbocycles. The van der Waals surface area contributed by atoms with Crippen molar-refractivity contribution in [2.75, 3.05) is 13.1 Å². The highest BCUT2D eigenvalue weighted by Gasteiger charge is 2.13. The summed E-state index contributed by atoms with van der Waals surface area (Å²) < 4.78 is 7.17. The Kier molecular flexibility index (Phi) is 6.71. The highest BCUT2D eigenvalue weighted by molar-refractivity contribution is 9.10. The molecule has 0 saturated heterocycles. The van der Waals surface area contributed by atoms with Gasteiger partial charge in [-0.15, -0.1) is 0 Å². The van der Waals surface area contributed by atoms with Crippen LogP contribution >= 0.6 is 27.5 Å². The molecule has 0 aliphatic rings. The maximum absolute atomic E-state index is 6.10. The quantitative estimate of drug-likeness (QED) is 0.745. The van der Waals surface area contributed by atoms with Crippen LogP contribution in [0.1, 0.15) is 24.2 Å². The Morgan fingerprint density at radius 1 is 1.19 bits per heavy atom. The molecule has 0 saturated carbocycles. The average molecular weight is 369 g/mol. The van der Waals surface area contributed by atoms with Gasteiger partial charge in [0.05, 0.1) is 12.7 Å². The molecule has 112 valence electrons. The summed E-state index contributed by atoms with van der Waals surface area (Å²) in [5.74, 6) is 0. The number of hydrogen-bond donors (Lipinski definition) is 1. The molecule has 1 atom stereocenters. The predicted octanol–water partition coefficient (Wildman–Crippen LogP) is 4.97. The Hall–Kier alpha value is -0.870. The zero-order valence-electron chi connectivity index (χ0n) is 12.0. The normalized spacial score (nSPS) is 12.3. The summed E-state index contributed by atoms with van der Waals surface area (Å²) in [6, 6.07) is 16.0. The SMILES string of the molecule is CCNCC(OCc1ccccc1Br)c1cccc(Cl)c1. The van der Waals surface area contributed by atoms with Gasteiger partial charge in [-0.2, -0.15) is 0 Å². The first kappa shape index (κ1) is 16.5. The Bertz CT molecular complexity index is 576. The van der Waals surface area contributed by atoms with E-state index < -0.39 is 0 Å². The van der Waals surface area contributed by atoms with E-state index in [4.69, 9.17) is 16.3 Å². The third-order valence-electron chi connectivity index (χ3n) is 3.20. The van der Waals surface area contributed by atoms with E-state index in [1.165, 1.54) is 0 Å². The topological polar surface area (TPSA) is 21.3 Å². The van der Waals surface area contributed by atoms with E-state index in [1.54, 1.807) is 0 Å². The van der Waals surface area contributed by atoms with Crippen molar-refractivity contribution in [1.82, 2.24) is 5.32 Å². The highest BCUT2D eigenvalue weighted by Crippen LogP contribution is 2.24. The van der Waals surface area contributed by atoms with Crippen LogP contribution in [0.4, 0.5) is 0 Å². The fraction of sp³-hybridized carbons (Fsp3) is 0.294. The van der Waals surface area contributed by atoms with E-state index >= 15 is 0 Å². The molecular formula is C17H19BrClNO. The first-order chi connectivity index (χ1) is 10.2. The lowest BCUT2D eigenvalue weighted by atomic mass is 10.1. The summed E-state index contributed by atoms with van der Waals surface area (Å²) in [6.07, 6.45) is -0.0178. The molecule has 1 N–H and O–H groups in total. The van der Waals surface area contributed by atoms with Crippen LogP contribution in [0.3, 0.4) is 0 Å². The summed E-state index contributed by atoms with van der Waals surface area (Å²) in [4.78, 5) is 0. The van der Waals surface area contributed by atoms with Crippen LogP contribution in [0.2, 0.25) is 5.02 Å². The smallest absolute Gasteiger partial charge is 0.0954 e. The lowest BCUT2D eigenvalue weighted by molar-refractivity contribution is 0.0398. The lowest BCUT2D eigenvalue weighted by Gasteiger charge is -2.19. The monoisotopic (exact) mass is 367 g/mol. The molecule has 0 radical (unpaired) electrons. The van der Waals surface area contributed by atoms with Crippen molar-refractivity contribution < 1.29 is 4.74 Å². The van der Waals surface area contributed by atoms with E-state index in [9.17, 15) is 0 Å². The second-order valence-corrected chi connectivity index (χ2v) is 6.04. The Balaban J connectivity index is 2.08. The van der Waals surface area contributed by atoms with Gasteiger partial charge in [-0.25, -0.2) is 0 Å². The largest absolute Gasteiger partial charge is 0.367 e. The maximum atomic E-state index is 6.10. The van der Waals surface area contributed by atoms with Crippen molar-refractivity contribution in [3.63, 3.8) is 0 Å². The second-order valence-electron chi connectivity index (χ2n) is 4.75. The zero-order chi connectivity index (χ0) is 15.1. The predicted molar refractivity (Wildman–Crippen MR) is 91.7 cm³/mol. The molecular weight excluding hydrogens is 350 g/mol. The van der Waals surface area contributed by atoms with Gasteiger partial charge < -0.3 is 10.1 Å². The lowest BCUT2D eigenvalue weighted by Crippen LogP contribution is -2.23. The molecule has 0 aliphatic heterocycles. The first-order valence-electron chi connectivity index (χ1n) is 7.02. The van der Waals surface area contributed by atoms with Crippen molar-refractivity contribution in [2.24, 2.45) is 0 Å². The van der Waals surface area contributed by atoms with Gasteiger partial charge in [0.2, 0.25) is 0 Å². The fourth-order valence-electron chi connectivity index (χ4n) is 2.06. The number of halogens is 2. The van der Waals surface area contributed by atoms with Crippen molar-refractivity contribution in [2.45, 2.75) is 19.6 Å². The fourth-order valence-corrected chi connectivity index (χ4v) is 2.66. The second kappa shape index (κ2) is 8.54. The van der Waals surface area contributed by atoms with Crippen LogP contribution in [0, 0.1) is 0 Å². The Morgan fingerprint density at radius 2 is 2.00 bits per heavy atom. The first-order valence-corrected chi connectivity index (χ1v) is 8.19. The van der Waals surface area contributed by atoms with Gasteiger partial charge in [0.25, 0.3) is 0 Å². The van der Waals surface area contributed by atoms with Crippen LogP contribution in [0.25, 0.3) is 0 Å². The van der Waals surface area contributed by atoms with Crippen molar-refractivity contribution in [3.05, 3.63) is 69.2 Å². The number of likely N-dealkylation sites (N-methyl/N-ethyl adjacent to an activating group) is 1. The Morgan fingerprint density at radius 3 is 2.71 bits per heavy atom. The molecule has 0 amide bonds. The van der Waals surface area contributed by atoms with Crippen LogP contribution < -0.4 is 5.32 Å². The summed E-state index contributed by atoms with van der Waals surface area (Å²) in [6.45, 7) is 4.32. The van der Waals surface area contributed by atoms with Crippen molar-refractivity contribution >= 4 is 27.5 Å². The van der Waals surface area contributed by atoms with E-state index in [2.05, 4.69) is 34.2 Å². The van der Waals surface area contributed by atoms with E-state index in [0.29, 0.717) is 6.61 Å². The molecule has 0 bridgehead atoms. The van der Waals surface area contributed by atoms with Gasteiger partial charge in [0, 0.05) is 16.0 Å². The number of ether oxygens (including phenoxy) is 1. The van der Waals surface area contributed by atoms with Gasteiger partial charge in [-0.1, -0.05) is 64.8 Å². The molecule has 0 heterocycles. The van der Waals surface area contributed by atoms with Crippen LogP contribution in [-0.4, -0.2) is 13.1 Å². The van der Waals surface area contributed by atoms with E-state index in [0.717, 1.165) is 33.7 Å². The number of rotatable bonds is 7. The minimum Gasteiger partial charge on any atom is -0.367 e.